The van der Waals surface area contributed by atoms with Gasteiger partial charge in [-0.05, 0) is 68.3 Å². The van der Waals surface area contributed by atoms with Crippen molar-refractivity contribution in [3.63, 3.8) is 0 Å². The summed E-state index contributed by atoms with van der Waals surface area (Å²) in [5.74, 6) is -0.224. The van der Waals surface area contributed by atoms with Crippen molar-refractivity contribution in [2.75, 3.05) is 24.5 Å². The Hall–Kier alpha value is -3.85. The van der Waals surface area contributed by atoms with Crippen molar-refractivity contribution in [1.29, 1.82) is 0 Å². The molecule has 1 atom stereocenters. The largest absolute Gasteiger partial charge is 0.497 e. The zero-order valence-corrected chi connectivity index (χ0v) is 22.4. The molecule has 0 aromatic heterocycles. The second-order valence-corrected chi connectivity index (χ2v) is 10.5. The van der Waals surface area contributed by atoms with Crippen LogP contribution >= 0.6 is 0 Å². The zero-order chi connectivity index (χ0) is 27.0. The number of sulfonamides is 1. The first-order chi connectivity index (χ1) is 17.7. The number of ether oxygens (including phenoxy) is 1. The fourth-order valence-electron chi connectivity index (χ4n) is 3.90. The summed E-state index contributed by atoms with van der Waals surface area (Å²) < 4.78 is 33.8. The molecule has 1 N–H and O–H groups in total. The average molecular weight is 524 g/mol. The molecule has 0 saturated carbocycles. The molecule has 2 amide bonds. The van der Waals surface area contributed by atoms with E-state index in [0.29, 0.717) is 18.0 Å². The molecule has 0 aliphatic heterocycles. The normalized spacial score (nSPS) is 11.9. The van der Waals surface area contributed by atoms with Crippen LogP contribution in [0.3, 0.4) is 0 Å². The Balaban J connectivity index is 2.02. The first kappa shape index (κ1) is 27.7. The first-order valence-electron chi connectivity index (χ1n) is 12.0. The quantitative estimate of drug-likeness (QED) is 0.413. The monoisotopic (exact) mass is 523 g/mol. The standard InChI is InChI=1S/C28H33N3O5S/c1-5-29-28(33)22(3)30(19-23-12-10-14-25(18-23)36-4)27(32)20-31(24-13-9-11-21(2)17-24)37(34,35)26-15-7-6-8-16-26/h6-18,22H,5,19-20H2,1-4H3,(H,29,33)/t22-/m1/s1. The molecule has 196 valence electrons. The van der Waals surface area contributed by atoms with Crippen LogP contribution in [0.1, 0.15) is 25.0 Å². The van der Waals surface area contributed by atoms with Crippen LogP contribution in [-0.4, -0.2) is 51.4 Å². The summed E-state index contributed by atoms with van der Waals surface area (Å²) >= 11 is 0. The number of hydrogen-bond donors (Lipinski definition) is 1. The van der Waals surface area contributed by atoms with E-state index in [-0.39, 0.29) is 17.3 Å². The maximum Gasteiger partial charge on any atom is 0.264 e. The van der Waals surface area contributed by atoms with E-state index < -0.39 is 28.5 Å². The van der Waals surface area contributed by atoms with Crippen molar-refractivity contribution in [3.05, 3.63) is 90.0 Å². The van der Waals surface area contributed by atoms with E-state index in [1.54, 1.807) is 75.6 Å². The summed E-state index contributed by atoms with van der Waals surface area (Å²) in [5.41, 5.74) is 1.96. The van der Waals surface area contributed by atoms with Crippen molar-refractivity contribution in [1.82, 2.24) is 10.2 Å². The van der Waals surface area contributed by atoms with E-state index in [9.17, 15) is 18.0 Å². The number of anilines is 1. The van der Waals surface area contributed by atoms with Gasteiger partial charge in [0.05, 0.1) is 17.7 Å². The van der Waals surface area contributed by atoms with Gasteiger partial charge in [0, 0.05) is 13.1 Å². The third kappa shape index (κ3) is 6.89. The van der Waals surface area contributed by atoms with Crippen LogP contribution < -0.4 is 14.4 Å². The fraction of sp³-hybridized carbons (Fsp3) is 0.286. The predicted molar refractivity (Wildman–Crippen MR) is 144 cm³/mol. The Bertz CT molecular complexity index is 1330. The summed E-state index contributed by atoms with van der Waals surface area (Å²) in [4.78, 5) is 28.0. The molecule has 0 spiro atoms. The minimum absolute atomic E-state index is 0.0698. The summed E-state index contributed by atoms with van der Waals surface area (Å²) in [7, 11) is -2.52. The minimum atomic E-state index is -4.07. The smallest absolute Gasteiger partial charge is 0.264 e. The van der Waals surface area contributed by atoms with Crippen molar-refractivity contribution < 1.29 is 22.7 Å². The number of carbonyl (C=O) groups is 2. The second kappa shape index (κ2) is 12.4. The lowest BCUT2D eigenvalue weighted by molar-refractivity contribution is -0.139. The topological polar surface area (TPSA) is 96.0 Å². The van der Waals surface area contributed by atoms with Crippen molar-refractivity contribution in [3.8, 4) is 5.75 Å². The van der Waals surface area contributed by atoms with E-state index in [1.165, 1.54) is 17.0 Å². The third-order valence-electron chi connectivity index (χ3n) is 5.91. The maximum atomic E-state index is 13.8. The molecular weight excluding hydrogens is 490 g/mol. The van der Waals surface area contributed by atoms with E-state index in [4.69, 9.17) is 4.74 Å². The lowest BCUT2D eigenvalue weighted by atomic mass is 10.1. The van der Waals surface area contributed by atoms with Crippen LogP contribution in [0.2, 0.25) is 0 Å². The molecule has 3 aromatic rings. The van der Waals surface area contributed by atoms with Gasteiger partial charge in [-0.1, -0.05) is 42.5 Å². The van der Waals surface area contributed by atoms with Gasteiger partial charge in [-0.15, -0.1) is 0 Å². The van der Waals surface area contributed by atoms with Crippen LogP contribution in [0.25, 0.3) is 0 Å². The molecule has 0 unspecified atom stereocenters. The number of methoxy groups -OCH3 is 1. The number of likely N-dealkylation sites (N-methyl/N-ethyl adjacent to an activating group) is 1. The van der Waals surface area contributed by atoms with Gasteiger partial charge in [-0.3, -0.25) is 13.9 Å². The van der Waals surface area contributed by atoms with Crippen LogP contribution in [-0.2, 0) is 26.2 Å². The highest BCUT2D eigenvalue weighted by Gasteiger charge is 2.32. The zero-order valence-electron chi connectivity index (χ0n) is 21.5. The Morgan fingerprint density at radius 1 is 0.973 bits per heavy atom. The molecule has 0 saturated heterocycles. The van der Waals surface area contributed by atoms with E-state index >= 15 is 0 Å². The highest BCUT2D eigenvalue weighted by molar-refractivity contribution is 7.92. The molecule has 9 heteroatoms. The summed E-state index contributed by atoms with van der Waals surface area (Å²) in [5, 5.41) is 2.75. The Labute approximate surface area is 218 Å². The molecule has 37 heavy (non-hydrogen) atoms. The van der Waals surface area contributed by atoms with Gasteiger partial charge in [-0.2, -0.15) is 0 Å². The van der Waals surface area contributed by atoms with Gasteiger partial charge in [0.15, 0.2) is 0 Å². The van der Waals surface area contributed by atoms with Gasteiger partial charge >= 0.3 is 0 Å². The Morgan fingerprint density at radius 2 is 1.68 bits per heavy atom. The first-order valence-corrected chi connectivity index (χ1v) is 13.5. The van der Waals surface area contributed by atoms with Gasteiger partial charge < -0.3 is 15.0 Å². The highest BCUT2D eigenvalue weighted by atomic mass is 32.2. The molecule has 3 aromatic carbocycles. The van der Waals surface area contributed by atoms with E-state index in [1.807, 2.05) is 19.1 Å². The second-order valence-electron chi connectivity index (χ2n) is 8.61. The highest BCUT2D eigenvalue weighted by Crippen LogP contribution is 2.25. The van der Waals surface area contributed by atoms with Gasteiger partial charge in [0.2, 0.25) is 11.8 Å². The van der Waals surface area contributed by atoms with E-state index in [0.717, 1.165) is 15.4 Å². The number of rotatable bonds is 11. The number of carbonyl (C=O) groups excluding carboxylic acids is 2. The summed E-state index contributed by atoms with van der Waals surface area (Å²) in [6.45, 7) is 5.30. The van der Waals surface area contributed by atoms with Gasteiger partial charge in [0.25, 0.3) is 10.0 Å². The molecule has 0 aliphatic rings. The number of nitrogens with one attached hydrogen (secondary N) is 1. The maximum absolute atomic E-state index is 13.8. The van der Waals surface area contributed by atoms with Crippen LogP contribution in [0.15, 0.2) is 83.8 Å². The number of hydrogen-bond acceptors (Lipinski definition) is 5. The summed E-state index contributed by atoms with van der Waals surface area (Å²) in [6, 6.07) is 21.3. The molecule has 8 nitrogen and oxygen atoms in total. The SMILES string of the molecule is CCNC(=O)[C@@H](C)N(Cc1cccc(OC)c1)C(=O)CN(c1cccc(C)c1)S(=O)(=O)c1ccccc1. The average Bonchev–Trinajstić information content (AvgIpc) is 2.90. The molecule has 0 heterocycles. The van der Waals surface area contributed by atoms with Crippen molar-refractivity contribution >= 4 is 27.5 Å². The lowest BCUT2D eigenvalue weighted by Crippen LogP contribution is -2.51. The third-order valence-corrected chi connectivity index (χ3v) is 7.69. The molecule has 0 fully saturated rings. The molecule has 0 aliphatic carbocycles. The molecule has 0 radical (unpaired) electrons. The number of amides is 2. The molecule has 3 rings (SSSR count). The van der Waals surface area contributed by atoms with Crippen LogP contribution in [0.4, 0.5) is 5.69 Å². The molecule has 0 bridgehead atoms. The van der Waals surface area contributed by atoms with Crippen LogP contribution in [0, 0.1) is 6.92 Å². The number of nitrogens with zero attached hydrogens (tertiary/aromatic N) is 2. The van der Waals surface area contributed by atoms with Crippen LogP contribution in [0.5, 0.6) is 5.75 Å². The fourth-order valence-corrected chi connectivity index (χ4v) is 5.33. The Morgan fingerprint density at radius 3 is 2.32 bits per heavy atom. The van der Waals surface area contributed by atoms with Gasteiger partial charge in [0.1, 0.15) is 18.3 Å². The van der Waals surface area contributed by atoms with Gasteiger partial charge in [-0.25, -0.2) is 8.42 Å². The Kier molecular flexibility index (Phi) is 9.30. The minimum Gasteiger partial charge on any atom is -0.497 e. The lowest BCUT2D eigenvalue weighted by Gasteiger charge is -2.32. The number of aryl methyl sites for hydroxylation is 1. The predicted octanol–water partition coefficient (Wildman–Crippen LogP) is 3.75. The molecular formula is C28H33N3O5S. The van der Waals surface area contributed by atoms with Crippen molar-refractivity contribution in [2.45, 2.75) is 38.3 Å². The number of benzene rings is 3. The summed E-state index contributed by atoms with van der Waals surface area (Å²) in [6.07, 6.45) is 0. The van der Waals surface area contributed by atoms with E-state index in [2.05, 4.69) is 5.32 Å². The van der Waals surface area contributed by atoms with Crippen molar-refractivity contribution in [2.24, 2.45) is 0 Å².